The molecule has 2 heteroatoms. The van der Waals surface area contributed by atoms with Crippen molar-refractivity contribution in [3.8, 4) is 0 Å². The molecule has 17 heavy (non-hydrogen) atoms. The molecule has 0 aromatic carbocycles. The second kappa shape index (κ2) is 13.2. The first-order chi connectivity index (χ1) is 8.31. The van der Waals surface area contributed by atoms with Crippen LogP contribution in [0.2, 0.25) is 0 Å². The Morgan fingerprint density at radius 2 is 1.82 bits per heavy atom. The summed E-state index contributed by atoms with van der Waals surface area (Å²) >= 11 is 0. The molecule has 0 saturated heterocycles. The van der Waals surface area contributed by atoms with Gasteiger partial charge in [-0.25, -0.2) is 0 Å². The summed E-state index contributed by atoms with van der Waals surface area (Å²) in [6.07, 6.45) is 16.5. The van der Waals surface area contributed by atoms with Crippen LogP contribution in [0.1, 0.15) is 58.3 Å². The normalized spacial score (nSPS) is 13.5. The molecule has 0 radical (unpaired) electrons. The highest BCUT2D eigenvalue weighted by molar-refractivity contribution is 5.48. The minimum atomic E-state index is -0.304. The third kappa shape index (κ3) is 13.0. The molecule has 0 aliphatic rings. The minimum Gasteiger partial charge on any atom is -0.389 e. The summed E-state index contributed by atoms with van der Waals surface area (Å²) in [7, 11) is 0. The largest absolute Gasteiger partial charge is 0.389 e. The van der Waals surface area contributed by atoms with Crippen LogP contribution in [0, 0.1) is 0 Å². The van der Waals surface area contributed by atoms with E-state index in [0.29, 0.717) is 6.42 Å². The van der Waals surface area contributed by atoms with Crippen molar-refractivity contribution < 1.29 is 9.90 Å². The Bertz CT molecular complexity index is 219. The van der Waals surface area contributed by atoms with E-state index in [0.717, 1.165) is 38.4 Å². The van der Waals surface area contributed by atoms with Gasteiger partial charge in [-0.05, 0) is 25.7 Å². The summed E-state index contributed by atoms with van der Waals surface area (Å²) in [4.78, 5) is 10.1. The quantitative estimate of drug-likeness (QED) is 0.338. The predicted octanol–water partition coefficient (Wildman–Crippen LogP) is 3.80. The van der Waals surface area contributed by atoms with Crippen LogP contribution in [-0.4, -0.2) is 17.5 Å². The number of carbonyl (C=O) groups is 1. The van der Waals surface area contributed by atoms with Gasteiger partial charge in [-0.3, -0.25) is 0 Å². The molecule has 98 valence electrons. The first-order valence-electron chi connectivity index (χ1n) is 6.76. The molecule has 1 atom stereocenters. The predicted molar refractivity (Wildman–Crippen MR) is 73.0 cm³/mol. The highest BCUT2D eigenvalue weighted by Crippen LogP contribution is 2.04. The Labute approximate surface area is 105 Å². The molecule has 0 rings (SSSR count). The van der Waals surface area contributed by atoms with Gasteiger partial charge < -0.3 is 9.90 Å². The molecule has 2 nitrogen and oxygen atoms in total. The van der Waals surface area contributed by atoms with E-state index in [2.05, 4.69) is 13.0 Å². The number of aliphatic hydroxyl groups excluding tert-OH is 1. The molecule has 0 aromatic rings. The Balaban J connectivity index is 3.43. The third-order valence-corrected chi connectivity index (χ3v) is 2.63. The number of hydrogen-bond donors (Lipinski definition) is 1. The summed E-state index contributed by atoms with van der Waals surface area (Å²) in [5.41, 5.74) is 0. The maximum absolute atomic E-state index is 10.1. The van der Waals surface area contributed by atoms with E-state index in [4.69, 9.17) is 0 Å². The van der Waals surface area contributed by atoms with E-state index >= 15 is 0 Å². The van der Waals surface area contributed by atoms with Crippen LogP contribution in [0.4, 0.5) is 0 Å². The van der Waals surface area contributed by atoms with Crippen LogP contribution in [-0.2, 0) is 4.79 Å². The summed E-state index contributed by atoms with van der Waals surface area (Å²) < 4.78 is 0. The van der Waals surface area contributed by atoms with Crippen LogP contribution in [0.5, 0.6) is 0 Å². The smallest absolute Gasteiger partial charge is 0.119 e. The summed E-state index contributed by atoms with van der Waals surface area (Å²) in [5, 5.41) is 9.59. The van der Waals surface area contributed by atoms with Crippen molar-refractivity contribution in [2.45, 2.75) is 64.4 Å². The maximum atomic E-state index is 10.1. The summed E-state index contributed by atoms with van der Waals surface area (Å²) in [5.74, 6) is 0. The second-order valence-electron chi connectivity index (χ2n) is 4.33. The fraction of sp³-hybridized carbons (Fsp3) is 0.667. The third-order valence-electron chi connectivity index (χ3n) is 2.63. The van der Waals surface area contributed by atoms with Crippen molar-refractivity contribution in [3.63, 3.8) is 0 Å². The average molecular weight is 238 g/mol. The monoisotopic (exact) mass is 238 g/mol. The van der Waals surface area contributed by atoms with Crippen molar-refractivity contribution in [2.75, 3.05) is 0 Å². The fourth-order valence-electron chi connectivity index (χ4n) is 1.56. The van der Waals surface area contributed by atoms with Gasteiger partial charge in [0.1, 0.15) is 6.29 Å². The lowest BCUT2D eigenvalue weighted by molar-refractivity contribution is -0.107. The molecule has 0 saturated carbocycles. The molecule has 0 spiro atoms. The van der Waals surface area contributed by atoms with Crippen LogP contribution in [0.15, 0.2) is 24.3 Å². The first-order valence-corrected chi connectivity index (χ1v) is 6.76. The summed E-state index contributed by atoms with van der Waals surface area (Å²) in [6.45, 7) is 2.16. The van der Waals surface area contributed by atoms with Crippen molar-refractivity contribution in [1.29, 1.82) is 0 Å². The van der Waals surface area contributed by atoms with Gasteiger partial charge in [-0.2, -0.15) is 0 Å². The number of aldehydes is 1. The molecular formula is C15H26O2. The second-order valence-corrected chi connectivity index (χ2v) is 4.33. The van der Waals surface area contributed by atoms with Gasteiger partial charge in [0.25, 0.3) is 0 Å². The van der Waals surface area contributed by atoms with Gasteiger partial charge in [-0.1, -0.05) is 50.5 Å². The molecule has 0 aromatic heterocycles. The van der Waals surface area contributed by atoms with Crippen LogP contribution in [0.3, 0.4) is 0 Å². The van der Waals surface area contributed by atoms with E-state index in [1.165, 1.54) is 12.8 Å². The van der Waals surface area contributed by atoms with Crippen molar-refractivity contribution >= 4 is 6.29 Å². The number of carbonyl (C=O) groups excluding carboxylic acids is 1. The van der Waals surface area contributed by atoms with E-state index < -0.39 is 0 Å². The van der Waals surface area contributed by atoms with E-state index in [1.54, 1.807) is 0 Å². The molecule has 1 N–H and O–H groups in total. The number of aliphatic hydroxyl groups is 1. The molecular weight excluding hydrogens is 212 g/mol. The Kier molecular flexibility index (Phi) is 12.5. The number of rotatable bonds is 11. The molecule has 0 heterocycles. The maximum Gasteiger partial charge on any atom is 0.119 e. The van der Waals surface area contributed by atoms with Gasteiger partial charge in [0.05, 0.1) is 6.10 Å². The zero-order valence-corrected chi connectivity index (χ0v) is 11.0. The lowest BCUT2D eigenvalue weighted by atomic mass is 10.1. The Morgan fingerprint density at radius 3 is 2.53 bits per heavy atom. The van der Waals surface area contributed by atoms with Crippen molar-refractivity contribution in [3.05, 3.63) is 24.3 Å². The SMILES string of the molecule is CCCCC[C@H](O)/C=C/C=C\CCCCC=O. The first kappa shape index (κ1) is 16.1. The zero-order valence-electron chi connectivity index (χ0n) is 11.0. The highest BCUT2D eigenvalue weighted by Gasteiger charge is 1.96. The van der Waals surface area contributed by atoms with Gasteiger partial charge in [0, 0.05) is 6.42 Å². The lowest BCUT2D eigenvalue weighted by Gasteiger charge is -2.02. The molecule has 0 aliphatic heterocycles. The number of allylic oxidation sites excluding steroid dienone is 3. The highest BCUT2D eigenvalue weighted by atomic mass is 16.3. The molecule has 0 bridgehead atoms. The van der Waals surface area contributed by atoms with Gasteiger partial charge >= 0.3 is 0 Å². The fourth-order valence-corrected chi connectivity index (χ4v) is 1.56. The molecule has 0 unspecified atom stereocenters. The van der Waals surface area contributed by atoms with Crippen LogP contribution >= 0.6 is 0 Å². The topological polar surface area (TPSA) is 37.3 Å². The lowest BCUT2D eigenvalue weighted by Crippen LogP contribution is -2.00. The standard InChI is InChI=1S/C15H26O2/c1-2-3-9-12-15(17)13-10-7-5-4-6-8-11-14-16/h5,7,10,13-15,17H,2-4,6,8-9,11-12H2,1H3/b7-5-,13-10+/t15-/m0/s1. The van der Waals surface area contributed by atoms with Crippen molar-refractivity contribution in [1.82, 2.24) is 0 Å². The molecule has 0 amide bonds. The van der Waals surface area contributed by atoms with E-state index in [1.807, 2.05) is 18.2 Å². The number of hydrogen-bond acceptors (Lipinski definition) is 2. The summed E-state index contributed by atoms with van der Waals surface area (Å²) in [6, 6.07) is 0. The average Bonchev–Trinajstić information content (AvgIpc) is 2.33. The van der Waals surface area contributed by atoms with Gasteiger partial charge in [0.15, 0.2) is 0 Å². The van der Waals surface area contributed by atoms with E-state index in [9.17, 15) is 9.90 Å². The van der Waals surface area contributed by atoms with Crippen LogP contribution in [0.25, 0.3) is 0 Å². The van der Waals surface area contributed by atoms with E-state index in [-0.39, 0.29) is 6.10 Å². The Morgan fingerprint density at radius 1 is 1.06 bits per heavy atom. The molecule has 0 fully saturated rings. The van der Waals surface area contributed by atoms with Crippen molar-refractivity contribution in [2.24, 2.45) is 0 Å². The van der Waals surface area contributed by atoms with Crippen LogP contribution < -0.4 is 0 Å². The minimum absolute atomic E-state index is 0.304. The van der Waals surface area contributed by atoms with Gasteiger partial charge in [0.2, 0.25) is 0 Å². The van der Waals surface area contributed by atoms with Gasteiger partial charge in [-0.15, -0.1) is 0 Å². The Hall–Kier alpha value is -0.890. The zero-order chi connectivity index (χ0) is 12.8. The molecule has 0 aliphatic carbocycles. The number of unbranched alkanes of at least 4 members (excludes halogenated alkanes) is 5.